The molecule has 2 rings (SSSR count). The molecule has 0 amide bonds. The van der Waals surface area contributed by atoms with Gasteiger partial charge in [0.1, 0.15) is 0 Å². The summed E-state index contributed by atoms with van der Waals surface area (Å²) in [6.07, 6.45) is 2.64. The molecule has 2 N–H and O–H groups in total. The Kier molecular flexibility index (Phi) is 3.77. The Morgan fingerprint density at radius 1 is 1.18 bits per heavy atom. The molecule has 2 nitrogen and oxygen atoms in total. The molecule has 0 spiro atoms. The summed E-state index contributed by atoms with van der Waals surface area (Å²) < 4.78 is 0. The van der Waals surface area contributed by atoms with Crippen molar-refractivity contribution in [1.82, 2.24) is 4.98 Å². The Labute approximate surface area is 106 Å². The zero-order chi connectivity index (χ0) is 12.3. The second-order valence-electron chi connectivity index (χ2n) is 4.17. The van der Waals surface area contributed by atoms with Crippen LogP contribution in [-0.2, 0) is 6.42 Å². The fraction of sp³-hybridized carbons (Fsp3) is 0.214. The van der Waals surface area contributed by atoms with Crippen molar-refractivity contribution in [3.05, 3.63) is 64.4 Å². The Bertz CT molecular complexity index is 477. The third-order valence-corrected chi connectivity index (χ3v) is 2.98. The van der Waals surface area contributed by atoms with E-state index in [0.29, 0.717) is 0 Å². The van der Waals surface area contributed by atoms with Gasteiger partial charge in [-0.05, 0) is 42.7 Å². The number of aromatic nitrogens is 1. The van der Waals surface area contributed by atoms with Crippen LogP contribution in [0.25, 0.3) is 0 Å². The average Bonchev–Trinajstić information content (AvgIpc) is 2.33. The lowest BCUT2D eigenvalue weighted by Gasteiger charge is -2.12. The molecule has 2 aromatic rings. The minimum absolute atomic E-state index is 0.0238. The maximum absolute atomic E-state index is 6.14. The van der Waals surface area contributed by atoms with Crippen molar-refractivity contribution in [2.24, 2.45) is 5.73 Å². The monoisotopic (exact) mass is 246 g/mol. The molecular weight excluding hydrogens is 232 g/mol. The van der Waals surface area contributed by atoms with Crippen molar-refractivity contribution in [2.45, 2.75) is 19.4 Å². The molecule has 3 heteroatoms. The Balaban J connectivity index is 2.08. The number of nitrogens with two attached hydrogens (primary N) is 1. The first-order chi connectivity index (χ1) is 8.15. The van der Waals surface area contributed by atoms with E-state index in [-0.39, 0.29) is 6.04 Å². The maximum Gasteiger partial charge on any atom is 0.0406 e. The van der Waals surface area contributed by atoms with Crippen LogP contribution in [0.4, 0.5) is 0 Å². The fourth-order valence-electron chi connectivity index (χ4n) is 1.69. The molecule has 0 saturated heterocycles. The standard InChI is InChI=1S/C14H15ClN2/c1-10-2-5-12(9-17-10)14(16)8-11-3-6-13(15)7-4-11/h2-7,9,14H,8,16H2,1H3. The van der Waals surface area contributed by atoms with E-state index in [4.69, 9.17) is 17.3 Å². The molecule has 88 valence electrons. The van der Waals surface area contributed by atoms with Crippen molar-refractivity contribution < 1.29 is 0 Å². The summed E-state index contributed by atoms with van der Waals surface area (Å²) in [4.78, 5) is 4.25. The molecule has 1 heterocycles. The molecule has 0 aliphatic carbocycles. The van der Waals surface area contributed by atoms with Crippen molar-refractivity contribution in [1.29, 1.82) is 0 Å². The smallest absolute Gasteiger partial charge is 0.0406 e. The molecule has 0 aliphatic rings. The second-order valence-corrected chi connectivity index (χ2v) is 4.61. The first-order valence-electron chi connectivity index (χ1n) is 5.58. The van der Waals surface area contributed by atoms with Gasteiger partial charge in [0.15, 0.2) is 0 Å². The molecule has 0 radical (unpaired) electrons. The summed E-state index contributed by atoms with van der Waals surface area (Å²) in [6, 6.07) is 11.8. The normalized spacial score (nSPS) is 12.4. The van der Waals surface area contributed by atoms with Crippen LogP contribution >= 0.6 is 11.6 Å². The van der Waals surface area contributed by atoms with Crippen LogP contribution in [0.2, 0.25) is 5.02 Å². The van der Waals surface area contributed by atoms with Crippen molar-refractivity contribution in [2.75, 3.05) is 0 Å². The van der Waals surface area contributed by atoms with E-state index in [1.54, 1.807) is 0 Å². The number of hydrogen-bond acceptors (Lipinski definition) is 2. The van der Waals surface area contributed by atoms with E-state index in [1.165, 1.54) is 5.56 Å². The number of nitrogens with zero attached hydrogens (tertiary/aromatic N) is 1. The fourth-order valence-corrected chi connectivity index (χ4v) is 1.82. The van der Waals surface area contributed by atoms with Gasteiger partial charge in [-0.25, -0.2) is 0 Å². The Hall–Kier alpha value is -1.38. The van der Waals surface area contributed by atoms with E-state index < -0.39 is 0 Å². The van der Waals surface area contributed by atoms with Crippen molar-refractivity contribution in [3.63, 3.8) is 0 Å². The molecule has 0 aliphatic heterocycles. The molecule has 1 aromatic heterocycles. The van der Waals surface area contributed by atoms with E-state index in [9.17, 15) is 0 Å². The van der Waals surface area contributed by atoms with Crippen LogP contribution in [0.3, 0.4) is 0 Å². The highest BCUT2D eigenvalue weighted by atomic mass is 35.5. The topological polar surface area (TPSA) is 38.9 Å². The molecular formula is C14H15ClN2. The molecule has 0 saturated carbocycles. The maximum atomic E-state index is 6.14. The average molecular weight is 247 g/mol. The van der Waals surface area contributed by atoms with E-state index in [2.05, 4.69) is 4.98 Å². The van der Waals surface area contributed by atoms with Gasteiger partial charge in [0.2, 0.25) is 0 Å². The second kappa shape index (κ2) is 5.30. The quantitative estimate of drug-likeness (QED) is 0.903. The molecule has 1 aromatic carbocycles. The van der Waals surface area contributed by atoms with Gasteiger partial charge in [-0.3, -0.25) is 4.98 Å². The van der Waals surface area contributed by atoms with E-state index in [0.717, 1.165) is 22.7 Å². The Morgan fingerprint density at radius 2 is 1.88 bits per heavy atom. The lowest BCUT2D eigenvalue weighted by Crippen LogP contribution is -2.13. The number of benzene rings is 1. The van der Waals surface area contributed by atoms with Gasteiger partial charge in [0, 0.05) is 23.0 Å². The van der Waals surface area contributed by atoms with E-state index in [1.807, 2.05) is 49.5 Å². The van der Waals surface area contributed by atoms with E-state index >= 15 is 0 Å². The molecule has 0 fully saturated rings. The first kappa shape index (κ1) is 12.1. The lowest BCUT2D eigenvalue weighted by molar-refractivity contribution is 0.717. The summed E-state index contributed by atoms with van der Waals surface area (Å²) in [5.74, 6) is 0. The number of pyridine rings is 1. The highest BCUT2D eigenvalue weighted by Crippen LogP contribution is 2.17. The minimum Gasteiger partial charge on any atom is -0.324 e. The summed E-state index contributed by atoms with van der Waals surface area (Å²) >= 11 is 5.84. The highest BCUT2D eigenvalue weighted by molar-refractivity contribution is 6.30. The van der Waals surface area contributed by atoms with Crippen LogP contribution in [0, 0.1) is 6.92 Å². The van der Waals surface area contributed by atoms with Crippen molar-refractivity contribution in [3.8, 4) is 0 Å². The van der Waals surface area contributed by atoms with Crippen LogP contribution in [-0.4, -0.2) is 4.98 Å². The van der Waals surface area contributed by atoms with Crippen LogP contribution in [0.1, 0.15) is 22.9 Å². The van der Waals surface area contributed by atoms with Crippen LogP contribution < -0.4 is 5.73 Å². The SMILES string of the molecule is Cc1ccc(C(N)Cc2ccc(Cl)cc2)cn1. The van der Waals surface area contributed by atoms with Crippen LogP contribution in [0.15, 0.2) is 42.6 Å². The molecule has 17 heavy (non-hydrogen) atoms. The van der Waals surface area contributed by atoms with Crippen LogP contribution in [0.5, 0.6) is 0 Å². The number of rotatable bonds is 3. The van der Waals surface area contributed by atoms with Gasteiger partial charge in [-0.2, -0.15) is 0 Å². The zero-order valence-electron chi connectivity index (χ0n) is 9.73. The third kappa shape index (κ3) is 3.29. The van der Waals surface area contributed by atoms with Gasteiger partial charge >= 0.3 is 0 Å². The summed E-state index contributed by atoms with van der Waals surface area (Å²) in [7, 11) is 0. The number of halogens is 1. The van der Waals surface area contributed by atoms with Gasteiger partial charge in [-0.1, -0.05) is 29.8 Å². The third-order valence-electron chi connectivity index (χ3n) is 2.73. The number of hydrogen-bond donors (Lipinski definition) is 1. The Morgan fingerprint density at radius 3 is 2.47 bits per heavy atom. The largest absolute Gasteiger partial charge is 0.324 e. The first-order valence-corrected chi connectivity index (χ1v) is 5.95. The minimum atomic E-state index is -0.0238. The van der Waals surface area contributed by atoms with Gasteiger partial charge in [0.05, 0.1) is 0 Å². The summed E-state index contributed by atoms with van der Waals surface area (Å²) in [6.45, 7) is 1.97. The predicted molar refractivity (Wildman–Crippen MR) is 71.1 cm³/mol. The lowest BCUT2D eigenvalue weighted by atomic mass is 10.0. The highest BCUT2D eigenvalue weighted by Gasteiger charge is 2.07. The predicted octanol–water partition coefficient (Wildman–Crippen LogP) is 3.29. The summed E-state index contributed by atoms with van der Waals surface area (Å²) in [5, 5.41) is 0.749. The van der Waals surface area contributed by atoms with Gasteiger partial charge < -0.3 is 5.73 Å². The van der Waals surface area contributed by atoms with Crippen molar-refractivity contribution >= 4 is 11.6 Å². The summed E-state index contributed by atoms with van der Waals surface area (Å²) in [5.41, 5.74) is 9.39. The van der Waals surface area contributed by atoms with Gasteiger partial charge in [-0.15, -0.1) is 0 Å². The zero-order valence-corrected chi connectivity index (χ0v) is 10.5. The molecule has 1 unspecified atom stereocenters. The molecule has 1 atom stereocenters. The van der Waals surface area contributed by atoms with Gasteiger partial charge in [0.25, 0.3) is 0 Å². The number of aryl methyl sites for hydroxylation is 1. The molecule has 0 bridgehead atoms.